The van der Waals surface area contributed by atoms with Crippen molar-refractivity contribution >= 4 is 23.8 Å². The summed E-state index contributed by atoms with van der Waals surface area (Å²) < 4.78 is 6.02. The number of nitrogens with one attached hydrogen (secondary N) is 2. The summed E-state index contributed by atoms with van der Waals surface area (Å²) in [5.74, 6) is -2.30. The van der Waals surface area contributed by atoms with E-state index in [1.54, 1.807) is 0 Å². The summed E-state index contributed by atoms with van der Waals surface area (Å²) in [6.07, 6.45) is 42.0. The number of aliphatic carboxylic acids is 1. The van der Waals surface area contributed by atoms with Crippen LogP contribution in [0.4, 0.5) is 0 Å². The lowest BCUT2D eigenvalue weighted by molar-refractivity contribution is -0.150. The Hall–Kier alpha value is -2.68. The smallest absolute Gasteiger partial charge is 0.328 e. The van der Waals surface area contributed by atoms with Gasteiger partial charge >= 0.3 is 11.9 Å². The van der Waals surface area contributed by atoms with Crippen LogP contribution in [0, 0.1) is 0 Å². The van der Waals surface area contributed by atoms with Gasteiger partial charge < -0.3 is 25.6 Å². The predicted octanol–water partition coefficient (Wildman–Crippen LogP) is 10.4. The summed E-state index contributed by atoms with van der Waals surface area (Å²) in [7, 11) is 0. The fourth-order valence-electron chi connectivity index (χ4n) is 6.32. The summed E-state index contributed by atoms with van der Waals surface area (Å²) in [6.45, 7) is 3.45. The second-order valence-electron chi connectivity index (χ2n) is 14.8. The summed E-state index contributed by atoms with van der Waals surface area (Å²) in [5, 5.41) is 22.5. The van der Waals surface area contributed by atoms with Crippen molar-refractivity contribution in [2.24, 2.45) is 0 Å². The highest BCUT2D eigenvalue weighted by Crippen LogP contribution is 2.19. The van der Waals surface area contributed by atoms with E-state index in [1.165, 1.54) is 96.3 Å². The van der Waals surface area contributed by atoms with Crippen molar-refractivity contribution in [2.45, 2.75) is 219 Å². The highest BCUT2D eigenvalue weighted by Gasteiger charge is 2.19. The van der Waals surface area contributed by atoms with Gasteiger partial charge in [0.05, 0.1) is 13.2 Å². The van der Waals surface area contributed by atoms with Crippen molar-refractivity contribution in [3.05, 3.63) is 24.3 Å². The van der Waals surface area contributed by atoms with E-state index in [-0.39, 0.29) is 24.5 Å². The largest absolute Gasteiger partial charge is 0.480 e. The average molecular weight is 749 g/mol. The maximum Gasteiger partial charge on any atom is 0.328 e. The number of aliphatic hydroxyl groups excluding tert-OH is 1. The van der Waals surface area contributed by atoms with Crippen LogP contribution in [-0.4, -0.2) is 59.3 Å². The van der Waals surface area contributed by atoms with Gasteiger partial charge in [0, 0.05) is 12.8 Å². The molecule has 0 saturated carbocycles. The molecule has 0 aliphatic heterocycles. The molecule has 0 fully saturated rings. The molecular weight excluding hydrogens is 668 g/mol. The number of hydrogen-bond donors (Lipinski definition) is 4. The second kappa shape index (κ2) is 39.0. The Balaban J connectivity index is 4.31. The van der Waals surface area contributed by atoms with E-state index in [4.69, 9.17) is 14.9 Å². The van der Waals surface area contributed by atoms with E-state index in [9.17, 15) is 19.2 Å². The zero-order chi connectivity index (χ0) is 39.0. The summed E-state index contributed by atoms with van der Waals surface area (Å²) in [4.78, 5) is 47.5. The zero-order valence-corrected chi connectivity index (χ0v) is 34.0. The summed E-state index contributed by atoms with van der Waals surface area (Å²) >= 11 is 0. The molecule has 0 aromatic heterocycles. The van der Waals surface area contributed by atoms with Crippen molar-refractivity contribution in [1.29, 1.82) is 0 Å². The molecule has 9 nitrogen and oxygen atoms in total. The number of carboxylic acids is 1. The molecule has 0 aromatic carbocycles. The predicted molar refractivity (Wildman–Crippen MR) is 218 cm³/mol. The minimum absolute atomic E-state index is 0.0159. The zero-order valence-electron chi connectivity index (χ0n) is 34.0. The SMILES string of the molecule is CCCC/C=C\C/C=C\CCCCCCCC(=O)OC(CCCCCCCCCCCCC)CCCCCCCC(=O)NCC(=O)NC(CO)C(=O)O. The second-order valence-corrected chi connectivity index (χ2v) is 14.8. The first kappa shape index (κ1) is 50.3. The molecule has 308 valence electrons. The monoisotopic (exact) mass is 749 g/mol. The number of ether oxygens (including phenoxy) is 1. The minimum atomic E-state index is -1.38. The maximum atomic E-state index is 12.8. The van der Waals surface area contributed by atoms with Crippen LogP contribution in [0.2, 0.25) is 0 Å². The van der Waals surface area contributed by atoms with Crippen molar-refractivity contribution < 1.29 is 34.1 Å². The number of aliphatic hydroxyl groups is 1. The maximum absolute atomic E-state index is 12.8. The molecule has 4 N–H and O–H groups in total. The van der Waals surface area contributed by atoms with Crippen LogP contribution >= 0.6 is 0 Å². The van der Waals surface area contributed by atoms with Crippen LogP contribution in [0.15, 0.2) is 24.3 Å². The number of amides is 2. The molecule has 2 unspecified atom stereocenters. The molecule has 2 amide bonds. The van der Waals surface area contributed by atoms with Gasteiger partial charge in [0.15, 0.2) is 0 Å². The Morgan fingerprint density at radius 2 is 1.04 bits per heavy atom. The van der Waals surface area contributed by atoms with Crippen molar-refractivity contribution in [3.8, 4) is 0 Å². The van der Waals surface area contributed by atoms with Crippen molar-refractivity contribution in [3.63, 3.8) is 0 Å². The summed E-state index contributed by atoms with van der Waals surface area (Å²) in [6, 6.07) is -1.38. The quantitative estimate of drug-likeness (QED) is 0.0278. The lowest BCUT2D eigenvalue weighted by atomic mass is 10.0. The van der Waals surface area contributed by atoms with Crippen molar-refractivity contribution in [2.75, 3.05) is 13.2 Å². The van der Waals surface area contributed by atoms with Gasteiger partial charge in [-0.05, 0) is 64.2 Å². The number of carboxylic acid groups (broad SMARTS) is 1. The van der Waals surface area contributed by atoms with Gasteiger partial charge in [-0.2, -0.15) is 0 Å². The lowest BCUT2D eigenvalue weighted by Gasteiger charge is -2.18. The third-order valence-electron chi connectivity index (χ3n) is 9.70. The van der Waals surface area contributed by atoms with E-state index < -0.39 is 24.5 Å². The average Bonchev–Trinajstić information content (AvgIpc) is 3.14. The molecule has 0 bridgehead atoms. The van der Waals surface area contributed by atoms with Crippen LogP contribution in [0.3, 0.4) is 0 Å². The molecule has 2 atom stereocenters. The number of carbonyl (C=O) groups is 4. The molecule has 0 spiro atoms. The molecule has 0 radical (unpaired) electrons. The van der Waals surface area contributed by atoms with Crippen LogP contribution in [-0.2, 0) is 23.9 Å². The van der Waals surface area contributed by atoms with E-state index >= 15 is 0 Å². The van der Waals surface area contributed by atoms with Crippen LogP contribution in [0.5, 0.6) is 0 Å². The van der Waals surface area contributed by atoms with Crippen molar-refractivity contribution in [1.82, 2.24) is 10.6 Å². The number of allylic oxidation sites excluding steroid dienone is 4. The normalized spacial score (nSPS) is 12.7. The van der Waals surface area contributed by atoms with Crippen LogP contribution in [0.25, 0.3) is 0 Å². The van der Waals surface area contributed by atoms with E-state index in [0.29, 0.717) is 19.3 Å². The van der Waals surface area contributed by atoms with E-state index in [1.807, 2.05) is 0 Å². The first-order valence-corrected chi connectivity index (χ1v) is 21.7. The van der Waals surface area contributed by atoms with Gasteiger partial charge in [-0.3, -0.25) is 14.4 Å². The fraction of sp³-hybridized carbons (Fsp3) is 0.818. The Bertz CT molecular complexity index is 952. The number of hydrogen-bond acceptors (Lipinski definition) is 6. The van der Waals surface area contributed by atoms with E-state index in [0.717, 1.165) is 77.0 Å². The number of esters is 1. The molecular formula is C44H80N2O7. The first-order chi connectivity index (χ1) is 25.8. The van der Waals surface area contributed by atoms with Gasteiger partial charge in [0.25, 0.3) is 0 Å². The van der Waals surface area contributed by atoms with Crippen LogP contribution in [0.1, 0.15) is 206 Å². The Morgan fingerprint density at radius 1 is 0.566 bits per heavy atom. The molecule has 0 rings (SSSR count). The minimum Gasteiger partial charge on any atom is -0.480 e. The van der Waals surface area contributed by atoms with Gasteiger partial charge in [-0.25, -0.2) is 4.79 Å². The van der Waals surface area contributed by atoms with Gasteiger partial charge in [-0.15, -0.1) is 0 Å². The fourth-order valence-corrected chi connectivity index (χ4v) is 6.32. The molecule has 53 heavy (non-hydrogen) atoms. The highest BCUT2D eigenvalue weighted by atomic mass is 16.5. The lowest BCUT2D eigenvalue weighted by Crippen LogP contribution is -2.47. The number of carbonyl (C=O) groups excluding carboxylic acids is 3. The third kappa shape index (κ3) is 36.1. The molecule has 9 heteroatoms. The van der Waals surface area contributed by atoms with E-state index in [2.05, 4.69) is 48.8 Å². The van der Waals surface area contributed by atoms with Gasteiger partial charge in [0.1, 0.15) is 12.1 Å². The first-order valence-electron chi connectivity index (χ1n) is 21.7. The van der Waals surface area contributed by atoms with Crippen LogP contribution < -0.4 is 10.6 Å². The topological polar surface area (TPSA) is 142 Å². The van der Waals surface area contributed by atoms with Gasteiger partial charge in [0.2, 0.25) is 11.8 Å². The molecule has 0 aromatic rings. The molecule has 0 aliphatic rings. The highest BCUT2D eigenvalue weighted by molar-refractivity contribution is 5.87. The molecule has 0 saturated heterocycles. The molecule has 0 aliphatic carbocycles. The summed E-state index contributed by atoms with van der Waals surface area (Å²) in [5.41, 5.74) is 0. The standard InChI is InChI=1S/C44H80N2O7/c1-3-5-7-9-11-13-15-16-17-19-21-23-28-32-36-43(50)53-39(33-29-25-22-20-18-14-12-10-8-6-4-2)34-30-26-24-27-31-35-41(48)45-37-42(49)46-40(38-47)44(51)52/h9,11,15-16,39-40,47H,3-8,10,12-14,17-38H2,1-2H3,(H,45,48)(H,46,49)(H,51,52)/b11-9-,16-15-. The van der Waals surface area contributed by atoms with Gasteiger partial charge in [-0.1, -0.05) is 154 Å². The third-order valence-corrected chi connectivity index (χ3v) is 9.70. The molecule has 0 heterocycles. The number of rotatable bonds is 39. The number of unbranched alkanes of at least 4 members (excludes halogenated alkanes) is 21. The Kier molecular flexibility index (Phi) is 37.1. The Labute approximate surface area is 324 Å². The Morgan fingerprint density at radius 3 is 1.57 bits per heavy atom.